The maximum Gasteiger partial charge on any atom is 0.229 e. The first-order chi connectivity index (χ1) is 19.7. The molecule has 2 saturated heterocycles. The lowest BCUT2D eigenvalue weighted by molar-refractivity contribution is 0.641. The van der Waals surface area contributed by atoms with Crippen molar-refractivity contribution in [3.63, 3.8) is 0 Å². The minimum absolute atomic E-state index is 0.167. The zero-order valence-corrected chi connectivity index (χ0v) is 23.3. The van der Waals surface area contributed by atoms with Crippen LogP contribution in [-0.2, 0) is 6.54 Å². The molecule has 1 unspecified atom stereocenters. The first-order valence-electron chi connectivity index (χ1n) is 14.5. The van der Waals surface area contributed by atoms with Gasteiger partial charge >= 0.3 is 0 Å². The Labute approximate surface area is 235 Å². The van der Waals surface area contributed by atoms with Crippen LogP contribution in [0.5, 0.6) is 0 Å². The molecule has 11 heteroatoms. The smallest absolute Gasteiger partial charge is 0.229 e. The summed E-state index contributed by atoms with van der Waals surface area (Å²) in [5, 5.41) is 10.6. The van der Waals surface area contributed by atoms with Crippen molar-refractivity contribution in [3.8, 4) is 0 Å². The van der Waals surface area contributed by atoms with Crippen molar-refractivity contribution in [1.29, 1.82) is 0 Å². The monoisotopic (exact) mass is 541 g/mol. The fourth-order valence-electron chi connectivity index (χ4n) is 5.44. The van der Waals surface area contributed by atoms with E-state index in [-0.39, 0.29) is 6.04 Å². The highest BCUT2D eigenvalue weighted by Gasteiger charge is 2.20. The number of aromatic nitrogens is 6. The lowest BCUT2D eigenvalue weighted by atomic mass is 10.2. The molecule has 210 valence electrons. The maximum atomic E-state index is 4.91. The van der Waals surface area contributed by atoms with Gasteiger partial charge in [-0.1, -0.05) is 30.3 Å². The van der Waals surface area contributed by atoms with Crippen LogP contribution < -0.4 is 25.8 Å². The summed E-state index contributed by atoms with van der Waals surface area (Å²) in [6, 6.07) is 12.6. The number of rotatable bonds is 12. The molecule has 5 heterocycles. The zero-order valence-electron chi connectivity index (χ0n) is 23.3. The maximum absolute atomic E-state index is 4.91. The minimum atomic E-state index is 0.167. The number of anilines is 4. The molecule has 0 bridgehead atoms. The number of imidazole rings is 1. The third-order valence-electron chi connectivity index (χ3n) is 7.56. The molecule has 11 nitrogen and oxygen atoms in total. The first-order valence-corrected chi connectivity index (χ1v) is 14.5. The highest BCUT2D eigenvalue weighted by Crippen LogP contribution is 2.25. The van der Waals surface area contributed by atoms with Crippen LogP contribution in [0.4, 0.5) is 23.4 Å². The molecular formula is C29H39N11. The molecule has 4 aromatic rings. The summed E-state index contributed by atoms with van der Waals surface area (Å²) in [6.45, 7) is 9.50. The molecule has 0 radical (unpaired) electrons. The van der Waals surface area contributed by atoms with Crippen molar-refractivity contribution in [2.24, 2.45) is 0 Å². The summed E-state index contributed by atoms with van der Waals surface area (Å²) < 4.78 is 2.06. The summed E-state index contributed by atoms with van der Waals surface area (Å²) in [5.41, 5.74) is 2.83. The Morgan fingerprint density at radius 2 is 1.65 bits per heavy atom. The van der Waals surface area contributed by atoms with Crippen LogP contribution in [0.2, 0.25) is 0 Å². The number of hydrogen-bond acceptors (Lipinski definition) is 10. The highest BCUT2D eigenvalue weighted by atomic mass is 15.3. The van der Waals surface area contributed by atoms with Gasteiger partial charge in [0.1, 0.15) is 23.5 Å². The van der Waals surface area contributed by atoms with Gasteiger partial charge in [0.15, 0.2) is 11.5 Å². The van der Waals surface area contributed by atoms with E-state index < -0.39 is 0 Å². The fraction of sp³-hybridized carbons (Fsp3) is 0.483. The number of benzene rings is 1. The van der Waals surface area contributed by atoms with Crippen molar-refractivity contribution in [1.82, 2.24) is 34.8 Å². The third-order valence-corrected chi connectivity index (χ3v) is 7.56. The van der Waals surface area contributed by atoms with Gasteiger partial charge < -0.3 is 30.3 Å². The molecule has 6 rings (SSSR count). The van der Waals surface area contributed by atoms with E-state index in [1.165, 1.54) is 31.2 Å². The van der Waals surface area contributed by atoms with Gasteiger partial charge in [-0.25, -0.2) is 15.0 Å². The number of nitrogens with one attached hydrogen (secondary N) is 3. The Hall–Kier alpha value is -3.99. The SMILES string of the molecule is CC(CNCCNc1cc(N2CCCC2)nc(N2CCCC2)n1)Nc1ncnc2c1ncn2Cc1ccccc1. The normalized spacial score (nSPS) is 16.1. The second kappa shape index (κ2) is 12.5. The first kappa shape index (κ1) is 26.2. The van der Waals surface area contributed by atoms with Crippen LogP contribution in [-0.4, -0.2) is 81.3 Å². The topological polar surface area (TPSA) is 112 Å². The van der Waals surface area contributed by atoms with Crippen molar-refractivity contribution in [2.45, 2.75) is 45.2 Å². The van der Waals surface area contributed by atoms with E-state index in [0.29, 0.717) is 0 Å². The van der Waals surface area contributed by atoms with Gasteiger partial charge in [-0.2, -0.15) is 9.97 Å². The Bertz CT molecular complexity index is 1340. The Kier molecular flexibility index (Phi) is 8.17. The van der Waals surface area contributed by atoms with E-state index in [1.54, 1.807) is 6.33 Å². The van der Waals surface area contributed by atoms with Gasteiger partial charge in [0, 0.05) is 57.9 Å². The van der Waals surface area contributed by atoms with E-state index in [9.17, 15) is 0 Å². The van der Waals surface area contributed by atoms with Crippen LogP contribution >= 0.6 is 0 Å². The van der Waals surface area contributed by atoms with Crippen LogP contribution in [0.25, 0.3) is 11.2 Å². The largest absolute Gasteiger partial charge is 0.369 e. The van der Waals surface area contributed by atoms with E-state index in [2.05, 4.69) is 70.4 Å². The van der Waals surface area contributed by atoms with Crippen LogP contribution in [0.15, 0.2) is 49.1 Å². The van der Waals surface area contributed by atoms with Crippen molar-refractivity contribution in [2.75, 3.05) is 66.2 Å². The van der Waals surface area contributed by atoms with E-state index >= 15 is 0 Å². The molecule has 2 fully saturated rings. The van der Waals surface area contributed by atoms with Gasteiger partial charge in [0.05, 0.1) is 12.9 Å². The lowest BCUT2D eigenvalue weighted by Gasteiger charge is -2.22. The second-order valence-corrected chi connectivity index (χ2v) is 10.7. The predicted octanol–water partition coefficient (Wildman–Crippen LogP) is 3.37. The van der Waals surface area contributed by atoms with Gasteiger partial charge in [-0.3, -0.25) is 0 Å². The third kappa shape index (κ3) is 6.25. The molecule has 3 N–H and O–H groups in total. The lowest BCUT2D eigenvalue weighted by Crippen LogP contribution is -2.33. The molecule has 0 amide bonds. The second-order valence-electron chi connectivity index (χ2n) is 10.7. The van der Waals surface area contributed by atoms with Crippen LogP contribution in [0, 0.1) is 0 Å². The Morgan fingerprint density at radius 1 is 0.875 bits per heavy atom. The molecule has 0 saturated carbocycles. The summed E-state index contributed by atoms with van der Waals surface area (Å²) in [5.74, 6) is 3.57. The van der Waals surface area contributed by atoms with Crippen molar-refractivity contribution in [3.05, 3.63) is 54.6 Å². The van der Waals surface area contributed by atoms with E-state index in [0.717, 1.165) is 86.9 Å². The van der Waals surface area contributed by atoms with E-state index in [1.807, 2.05) is 24.5 Å². The molecule has 3 aromatic heterocycles. The predicted molar refractivity (Wildman–Crippen MR) is 160 cm³/mol. The summed E-state index contributed by atoms with van der Waals surface area (Å²) in [4.78, 5) is 28.0. The van der Waals surface area contributed by atoms with Crippen molar-refractivity contribution >= 4 is 34.6 Å². The average molecular weight is 542 g/mol. The average Bonchev–Trinajstić information content (AvgIpc) is 3.77. The molecule has 40 heavy (non-hydrogen) atoms. The number of hydrogen-bond donors (Lipinski definition) is 3. The van der Waals surface area contributed by atoms with Gasteiger partial charge in [-0.15, -0.1) is 0 Å². The highest BCUT2D eigenvalue weighted by molar-refractivity contribution is 5.82. The Morgan fingerprint density at radius 3 is 2.45 bits per heavy atom. The van der Waals surface area contributed by atoms with Crippen LogP contribution in [0.1, 0.15) is 38.2 Å². The standard InChI is InChI=1S/C29H39N11/c1-22(35-27-26-28(33-20-32-27)40(21-34-26)19-23-9-3-2-4-10-23)18-30-11-12-31-24-17-25(38-13-5-6-14-38)37-29(36-24)39-15-7-8-16-39/h2-4,9-10,17,20-22,30H,5-8,11-16,18-19H2,1H3,(H,31,36,37)(H,32,33,35). The van der Waals surface area contributed by atoms with Crippen molar-refractivity contribution < 1.29 is 0 Å². The molecule has 2 aliphatic heterocycles. The zero-order chi connectivity index (χ0) is 27.1. The summed E-state index contributed by atoms with van der Waals surface area (Å²) in [7, 11) is 0. The van der Waals surface area contributed by atoms with Gasteiger partial charge in [0.25, 0.3) is 0 Å². The van der Waals surface area contributed by atoms with Gasteiger partial charge in [-0.05, 0) is 38.2 Å². The van der Waals surface area contributed by atoms with Crippen LogP contribution in [0.3, 0.4) is 0 Å². The number of nitrogens with zero attached hydrogens (tertiary/aromatic N) is 8. The summed E-state index contributed by atoms with van der Waals surface area (Å²) >= 11 is 0. The molecule has 2 aliphatic rings. The molecule has 1 atom stereocenters. The van der Waals surface area contributed by atoms with Gasteiger partial charge in [0.2, 0.25) is 5.95 Å². The fourth-order valence-corrected chi connectivity index (χ4v) is 5.44. The number of fused-ring (bicyclic) bond motifs is 1. The quantitative estimate of drug-likeness (QED) is 0.231. The summed E-state index contributed by atoms with van der Waals surface area (Å²) in [6.07, 6.45) is 8.34. The minimum Gasteiger partial charge on any atom is -0.369 e. The molecule has 1 aromatic carbocycles. The molecule has 0 spiro atoms. The molecular weight excluding hydrogens is 502 g/mol. The molecule has 0 aliphatic carbocycles. The van der Waals surface area contributed by atoms with E-state index in [4.69, 9.17) is 9.97 Å². The Balaban J connectivity index is 1.01.